The first-order chi connectivity index (χ1) is 8.72. The Morgan fingerprint density at radius 1 is 1.28 bits per heavy atom. The van der Waals surface area contributed by atoms with Crippen molar-refractivity contribution >= 4 is 0 Å². The van der Waals surface area contributed by atoms with Gasteiger partial charge in [0.25, 0.3) is 0 Å². The predicted molar refractivity (Wildman–Crippen MR) is 76.4 cm³/mol. The summed E-state index contributed by atoms with van der Waals surface area (Å²) >= 11 is 0. The Kier molecular flexibility index (Phi) is 6.67. The molecule has 104 valence electrons. The van der Waals surface area contributed by atoms with Crippen LogP contribution in [0.1, 0.15) is 52.4 Å². The van der Waals surface area contributed by atoms with Crippen molar-refractivity contribution in [3.8, 4) is 6.07 Å². The van der Waals surface area contributed by atoms with E-state index < -0.39 is 0 Å². The van der Waals surface area contributed by atoms with Crippen LogP contribution in [0.3, 0.4) is 0 Å². The molecular formula is C15H29N3. The molecule has 0 aromatic carbocycles. The molecule has 0 spiro atoms. The normalized spacial score (nSPS) is 27.6. The van der Waals surface area contributed by atoms with Crippen molar-refractivity contribution < 1.29 is 0 Å². The molecule has 1 rings (SSSR count). The minimum Gasteiger partial charge on any atom is -0.303 e. The van der Waals surface area contributed by atoms with Crippen LogP contribution in [0.25, 0.3) is 0 Å². The van der Waals surface area contributed by atoms with Gasteiger partial charge in [0, 0.05) is 0 Å². The average Bonchev–Trinajstić information content (AvgIpc) is 2.80. The van der Waals surface area contributed by atoms with Gasteiger partial charge in [0.05, 0.1) is 6.07 Å². The second kappa shape index (κ2) is 7.76. The van der Waals surface area contributed by atoms with Gasteiger partial charge in [0.2, 0.25) is 0 Å². The van der Waals surface area contributed by atoms with Crippen molar-refractivity contribution in [3.05, 3.63) is 0 Å². The zero-order valence-corrected chi connectivity index (χ0v) is 12.3. The minimum absolute atomic E-state index is 0.246. The number of hydrogen-bond donors (Lipinski definition) is 1. The summed E-state index contributed by atoms with van der Waals surface area (Å²) in [7, 11) is 1.94. The van der Waals surface area contributed by atoms with Gasteiger partial charge in [-0.1, -0.05) is 20.3 Å². The number of nitrogens with one attached hydrogen (secondary N) is 1. The zero-order valence-electron chi connectivity index (χ0n) is 12.3. The highest BCUT2D eigenvalue weighted by Crippen LogP contribution is 2.37. The molecule has 18 heavy (non-hydrogen) atoms. The molecule has 0 heterocycles. The van der Waals surface area contributed by atoms with E-state index in [1.807, 2.05) is 7.05 Å². The van der Waals surface area contributed by atoms with Crippen LogP contribution in [0, 0.1) is 17.2 Å². The number of nitrogens with zero attached hydrogens (tertiary/aromatic N) is 2. The van der Waals surface area contributed by atoms with Crippen LogP contribution in [0.5, 0.6) is 0 Å². The van der Waals surface area contributed by atoms with Crippen LogP contribution < -0.4 is 5.32 Å². The molecule has 0 saturated heterocycles. The Hall–Kier alpha value is -0.590. The van der Waals surface area contributed by atoms with Gasteiger partial charge in [0.15, 0.2) is 0 Å². The Balaban J connectivity index is 2.48. The first-order valence-electron chi connectivity index (χ1n) is 7.55. The molecule has 0 aliphatic heterocycles. The van der Waals surface area contributed by atoms with E-state index in [0.29, 0.717) is 5.92 Å². The molecule has 1 saturated carbocycles. The van der Waals surface area contributed by atoms with Gasteiger partial charge < -0.3 is 10.2 Å². The van der Waals surface area contributed by atoms with Gasteiger partial charge in [-0.15, -0.1) is 0 Å². The topological polar surface area (TPSA) is 39.1 Å². The molecule has 2 unspecified atom stereocenters. The fraction of sp³-hybridized carbons (Fsp3) is 0.933. The van der Waals surface area contributed by atoms with E-state index in [0.717, 1.165) is 19.4 Å². The Bertz CT molecular complexity index is 265. The van der Waals surface area contributed by atoms with E-state index in [-0.39, 0.29) is 5.54 Å². The van der Waals surface area contributed by atoms with Crippen molar-refractivity contribution in [2.75, 3.05) is 26.7 Å². The van der Waals surface area contributed by atoms with Gasteiger partial charge >= 0.3 is 0 Å². The van der Waals surface area contributed by atoms with E-state index in [9.17, 15) is 5.26 Å². The summed E-state index contributed by atoms with van der Waals surface area (Å²) in [6.07, 6.45) is 7.03. The van der Waals surface area contributed by atoms with Crippen LogP contribution in [-0.2, 0) is 0 Å². The number of hydrogen-bond acceptors (Lipinski definition) is 3. The second-order valence-electron chi connectivity index (χ2n) is 5.55. The molecule has 0 radical (unpaired) electrons. The van der Waals surface area contributed by atoms with Crippen molar-refractivity contribution in [3.63, 3.8) is 0 Å². The maximum absolute atomic E-state index is 9.43. The average molecular weight is 251 g/mol. The maximum atomic E-state index is 9.43. The lowest BCUT2D eigenvalue weighted by Crippen LogP contribution is -2.45. The number of nitriles is 1. The third-order valence-corrected chi connectivity index (χ3v) is 4.34. The smallest absolute Gasteiger partial charge is 0.109 e. The van der Waals surface area contributed by atoms with Gasteiger partial charge in [-0.05, 0) is 64.7 Å². The molecule has 1 fully saturated rings. The second-order valence-corrected chi connectivity index (χ2v) is 5.55. The summed E-state index contributed by atoms with van der Waals surface area (Å²) in [4.78, 5) is 2.55. The quantitative estimate of drug-likeness (QED) is 0.721. The molecule has 1 N–H and O–H groups in total. The molecule has 0 amide bonds. The van der Waals surface area contributed by atoms with Crippen LogP contribution in [0.2, 0.25) is 0 Å². The van der Waals surface area contributed by atoms with Crippen LogP contribution in [0.4, 0.5) is 0 Å². The molecule has 1 aliphatic carbocycles. The van der Waals surface area contributed by atoms with Crippen molar-refractivity contribution in [1.29, 1.82) is 5.26 Å². The third-order valence-electron chi connectivity index (χ3n) is 4.34. The molecule has 0 aromatic heterocycles. The van der Waals surface area contributed by atoms with Crippen LogP contribution in [0.15, 0.2) is 0 Å². The van der Waals surface area contributed by atoms with E-state index in [1.165, 1.54) is 38.8 Å². The Morgan fingerprint density at radius 2 is 1.94 bits per heavy atom. The monoisotopic (exact) mass is 251 g/mol. The molecular weight excluding hydrogens is 222 g/mol. The highest BCUT2D eigenvalue weighted by Gasteiger charge is 2.41. The Morgan fingerprint density at radius 3 is 2.44 bits per heavy atom. The van der Waals surface area contributed by atoms with Crippen molar-refractivity contribution in [2.24, 2.45) is 5.92 Å². The first kappa shape index (κ1) is 15.5. The van der Waals surface area contributed by atoms with Gasteiger partial charge in [-0.3, -0.25) is 0 Å². The van der Waals surface area contributed by atoms with Crippen LogP contribution in [-0.4, -0.2) is 37.1 Å². The largest absolute Gasteiger partial charge is 0.303 e. The van der Waals surface area contributed by atoms with E-state index in [2.05, 4.69) is 30.1 Å². The predicted octanol–water partition coefficient (Wildman–Crippen LogP) is 2.78. The van der Waals surface area contributed by atoms with Crippen LogP contribution >= 0.6 is 0 Å². The van der Waals surface area contributed by atoms with Gasteiger partial charge in [0.1, 0.15) is 5.54 Å². The highest BCUT2D eigenvalue weighted by molar-refractivity contribution is 5.13. The molecule has 0 aromatic rings. The van der Waals surface area contributed by atoms with Crippen molar-refractivity contribution in [1.82, 2.24) is 10.2 Å². The number of rotatable bonds is 8. The van der Waals surface area contributed by atoms with Gasteiger partial charge in [-0.25, -0.2) is 0 Å². The Labute approximate surface area is 113 Å². The molecule has 0 bridgehead atoms. The summed E-state index contributed by atoms with van der Waals surface area (Å²) in [6.45, 7) is 8.02. The lowest BCUT2D eigenvalue weighted by atomic mass is 9.86. The standard InChI is InChI=1S/C15H29N3/c1-4-10-18(11-5-2)12-8-14-7-6-9-15(14,13-16)17-3/h14,17H,4-12H2,1-3H3. The fourth-order valence-corrected chi connectivity index (χ4v) is 3.31. The maximum Gasteiger partial charge on any atom is 0.109 e. The molecule has 3 heteroatoms. The molecule has 1 aliphatic rings. The fourth-order valence-electron chi connectivity index (χ4n) is 3.31. The lowest BCUT2D eigenvalue weighted by molar-refractivity contribution is 0.227. The summed E-state index contributed by atoms with van der Waals surface area (Å²) in [6, 6.07) is 2.54. The summed E-state index contributed by atoms with van der Waals surface area (Å²) < 4.78 is 0. The van der Waals surface area contributed by atoms with Crippen molar-refractivity contribution in [2.45, 2.75) is 57.9 Å². The minimum atomic E-state index is -0.246. The zero-order chi connectivity index (χ0) is 13.4. The summed E-state index contributed by atoms with van der Waals surface area (Å²) in [5.74, 6) is 0.531. The van der Waals surface area contributed by atoms with Gasteiger partial charge in [-0.2, -0.15) is 5.26 Å². The van der Waals surface area contributed by atoms with E-state index in [1.54, 1.807) is 0 Å². The molecule has 3 nitrogen and oxygen atoms in total. The lowest BCUT2D eigenvalue weighted by Gasteiger charge is -2.30. The SMILES string of the molecule is CCCN(CCC)CCC1CCCC1(C#N)NC. The molecule has 2 atom stereocenters. The summed E-state index contributed by atoms with van der Waals surface area (Å²) in [5.41, 5.74) is -0.246. The van der Waals surface area contributed by atoms with E-state index in [4.69, 9.17) is 0 Å². The highest BCUT2D eigenvalue weighted by atomic mass is 15.1. The summed E-state index contributed by atoms with van der Waals surface area (Å²) in [5, 5.41) is 12.7. The first-order valence-corrected chi connectivity index (χ1v) is 7.55. The third kappa shape index (κ3) is 3.70. The van der Waals surface area contributed by atoms with E-state index >= 15 is 0 Å².